The van der Waals surface area contributed by atoms with Crippen molar-refractivity contribution in [3.05, 3.63) is 78.1 Å². The van der Waals surface area contributed by atoms with Crippen LogP contribution in [-0.4, -0.2) is 29.7 Å². The summed E-state index contributed by atoms with van der Waals surface area (Å²) in [6.07, 6.45) is 2.98. The highest BCUT2D eigenvalue weighted by molar-refractivity contribution is 14.0. The fourth-order valence-electron chi connectivity index (χ4n) is 3.18. The second-order valence-corrected chi connectivity index (χ2v) is 6.51. The summed E-state index contributed by atoms with van der Waals surface area (Å²) in [6.45, 7) is 1.33. The summed E-state index contributed by atoms with van der Waals surface area (Å²) < 4.78 is 5.43. The van der Waals surface area contributed by atoms with Crippen LogP contribution in [-0.2, 0) is 13.0 Å². The van der Waals surface area contributed by atoms with E-state index in [1.54, 1.807) is 7.05 Å². The van der Waals surface area contributed by atoms with Gasteiger partial charge in [0.1, 0.15) is 5.69 Å². The summed E-state index contributed by atoms with van der Waals surface area (Å²) in [7, 11) is 1.76. The zero-order chi connectivity index (χ0) is 19.2. The molecule has 6 nitrogen and oxygen atoms in total. The summed E-state index contributed by atoms with van der Waals surface area (Å²) in [4.78, 5) is 7.59. The standard InChI is InChI=1S/C22H23N5O.HI/c1-23-22(24-12-11-17-14-25-20-10-6-5-9-19(17)20)26-15-18-13-21(28-27-18)16-7-3-2-4-8-16;/h2-10,13-14,25H,11-12,15H2,1H3,(H2,23,24,26);1H. The molecule has 0 aliphatic heterocycles. The monoisotopic (exact) mass is 501 g/mol. The highest BCUT2D eigenvalue weighted by atomic mass is 127. The van der Waals surface area contributed by atoms with E-state index in [-0.39, 0.29) is 24.0 Å². The smallest absolute Gasteiger partial charge is 0.191 e. The number of rotatable bonds is 6. The summed E-state index contributed by atoms with van der Waals surface area (Å²) in [6, 6.07) is 20.2. The van der Waals surface area contributed by atoms with Gasteiger partial charge >= 0.3 is 0 Å². The van der Waals surface area contributed by atoms with E-state index in [0.717, 1.165) is 35.9 Å². The second-order valence-electron chi connectivity index (χ2n) is 6.51. The molecule has 0 unspecified atom stereocenters. The minimum Gasteiger partial charge on any atom is -0.361 e. The van der Waals surface area contributed by atoms with Crippen LogP contribution in [0.5, 0.6) is 0 Å². The Hall–Kier alpha value is -2.81. The number of guanidine groups is 1. The van der Waals surface area contributed by atoms with Crippen molar-refractivity contribution in [1.82, 2.24) is 20.8 Å². The topological polar surface area (TPSA) is 78.2 Å². The number of fused-ring (bicyclic) bond motifs is 1. The van der Waals surface area contributed by atoms with Gasteiger partial charge in [-0.2, -0.15) is 0 Å². The van der Waals surface area contributed by atoms with Crippen LogP contribution in [0.15, 0.2) is 76.4 Å². The lowest BCUT2D eigenvalue weighted by molar-refractivity contribution is 0.422. The van der Waals surface area contributed by atoms with Crippen LogP contribution in [0.3, 0.4) is 0 Å². The molecule has 0 aliphatic rings. The van der Waals surface area contributed by atoms with Crippen molar-refractivity contribution in [2.45, 2.75) is 13.0 Å². The van der Waals surface area contributed by atoms with Crippen LogP contribution in [0.25, 0.3) is 22.2 Å². The number of nitrogens with zero attached hydrogens (tertiary/aromatic N) is 2. The molecule has 0 fully saturated rings. The van der Waals surface area contributed by atoms with Crippen molar-refractivity contribution in [3.8, 4) is 11.3 Å². The van der Waals surface area contributed by atoms with Gasteiger partial charge in [-0.15, -0.1) is 24.0 Å². The second kappa shape index (κ2) is 10.1. The summed E-state index contributed by atoms with van der Waals surface area (Å²) in [5.41, 5.74) is 4.31. The van der Waals surface area contributed by atoms with Gasteiger partial charge in [0.25, 0.3) is 0 Å². The molecule has 2 aromatic carbocycles. The van der Waals surface area contributed by atoms with Crippen molar-refractivity contribution < 1.29 is 4.52 Å². The number of aromatic amines is 1. The van der Waals surface area contributed by atoms with E-state index >= 15 is 0 Å². The van der Waals surface area contributed by atoms with Crippen LogP contribution in [0.1, 0.15) is 11.3 Å². The Balaban J connectivity index is 0.00000240. The van der Waals surface area contributed by atoms with Gasteiger partial charge in [-0.25, -0.2) is 0 Å². The van der Waals surface area contributed by atoms with Crippen LogP contribution in [0.4, 0.5) is 0 Å². The van der Waals surface area contributed by atoms with Crippen molar-refractivity contribution in [2.75, 3.05) is 13.6 Å². The van der Waals surface area contributed by atoms with Gasteiger partial charge in [0.2, 0.25) is 0 Å². The molecule has 4 aromatic rings. The van der Waals surface area contributed by atoms with Gasteiger partial charge < -0.3 is 20.1 Å². The fourth-order valence-corrected chi connectivity index (χ4v) is 3.18. The molecule has 0 bridgehead atoms. The highest BCUT2D eigenvalue weighted by Crippen LogP contribution is 2.19. The number of aromatic nitrogens is 2. The third-order valence-electron chi connectivity index (χ3n) is 4.64. The van der Waals surface area contributed by atoms with Gasteiger partial charge in [0.05, 0.1) is 6.54 Å². The molecule has 0 saturated carbocycles. The number of aliphatic imine (C=N–C) groups is 1. The quantitative estimate of drug-likeness (QED) is 0.209. The number of nitrogens with one attached hydrogen (secondary N) is 3. The molecule has 4 rings (SSSR count). The lowest BCUT2D eigenvalue weighted by Gasteiger charge is -2.10. The summed E-state index contributed by atoms with van der Waals surface area (Å²) in [5, 5.41) is 12.0. The normalized spacial score (nSPS) is 11.3. The Labute approximate surface area is 186 Å². The third kappa shape index (κ3) is 5.17. The van der Waals surface area contributed by atoms with Gasteiger partial charge in [0.15, 0.2) is 11.7 Å². The van der Waals surface area contributed by atoms with Gasteiger partial charge in [-0.05, 0) is 18.1 Å². The molecule has 0 radical (unpaired) electrons. The largest absolute Gasteiger partial charge is 0.361 e. The maximum atomic E-state index is 5.43. The van der Waals surface area contributed by atoms with Crippen molar-refractivity contribution in [1.29, 1.82) is 0 Å². The third-order valence-corrected chi connectivity index (χ3v) is 4.64. The Bertz CT molecular complexity index is 1070. The SMILES string of the molecule is CN=C(NCCc1c[nH]c2ccccc12)NCc1cc(-c2ccccc2)on1.I. The number of para-hydroxylation sites is 1. The van der Waals surface area contributed by atoms with Gasteiger partial charge in [-0.3, -0.25) is 4.99 Å². The molecule has 2 aromatic heterocycles. The fraction of sp³-hybridized carbons (Fsp3) is 0.182. The van der Waals surface area contributed by atoms with Crippen molar-refractivity contribution in [3.63, 3.8) is 0 Å². The molecule has 2 heterocycles. The number of halogens is 1. The Kier molecular flexibility index (Phi) is 7.29. The molecule has 0 aliphatic carbocycles. The number of hydrogen-bond acceptors (Lipinski definition) is 3. The molecule has 150 valence electrons. The maximum absolute atomic E-state index is 5.43. The molecule has 29 heavy (non-hydrogen) atoms. The average Bonchev–Trinajstić information content (AvgIpc) is 3.39. The molecular weight excluding hydrogens is 477 g/mol. The molecule has 3 N–H and O–H groups in total. The number of benzene rings is 2. The molecular formula is C22H24IN5O. The number of H-pyrrole nitrogens is 1. The van der Waals surface area contributed by atoms with Crippen LogP contribution < -0.4 is 10.6 Å². The first-order valence-corrected chi connectivity index (χ1v) is 9.34. The lowest BCUT2D eigenvalue weighted by atomic mass is 10.1. The van der Waals surface area contributed by atoms with E-state index in [1.165, 1.54) is 16.5 Å². The molecule has 0 amide bonds. The average molecular weight is 501 g/mol. The molecule has 0 saturated heterocycles. The Morgan fingerprint density at radius 2 is 1.86 bits per heavy atom. The summed E-state index contributed by atoms with van der Waals surface area (Å²) >= 11 is 0. The van der Waals surface area contributed by atoms with E-state index in [9.17, 15) is 0 Å². The van der Waals surface area contributed by atoms with E-state index in [4.69, 9.17) is 4.52 Å². The van der Waals surface area contributed by atoms with Gasteiger partial charge in [-0.1, -0.05) is 53.7 Å². The van der Waals surface area contributed by atoms with E-state index in [1.807, 2.05) is 42.5 Å². The Morgan fingerprint density at radius 1 is 1.07 bits per heavy atom. The van der Waals surface area contributed by atoms with E-state index < -0.39 is 0 Å². The van der Waals surface area contributed by atoms with E-state index in [2.05, 4.69) is 50.2 Å². The minimum atomic E-state index is 0. The predicted molar refractivity (Wildman–Crippen MR) is 128 cm³/mol. The highest BCUT2D eigenvalue weighted by Gasteiger charge is 2.07. The minimum absolute atomic E-state index is 0. The molecule has 0 atom stereocenters. The van der Waals surface area contributed by atoms with Crippen molar-refractivity contribution >= 4 is 40.8 Å². The first-order chi connectivity index (χ1) is 13.8. The first-order valence-electron chi connectivity index (χ1n) is 9.34. The molecule has 7 heteroatoms. The lowest BCUT2D eigenvalue weighted by Crippen LogP contribution is -2.37. The molecule has 0 spiro atoms. The first kappa shape index (κ1) is 20.9. The van der Waals surface area contributed by atoms with E-state index in [0.29, 0.717) is 6.54 Å². The van der Waals surface area contributed by atoms with Crippen LogP contribution in [0.2, 0.25) is 0 Å². The zero-order valence-electron chi connectivity index (χ0n) is 16.2. The number of hydrogen-bond donors (Lipinski definition) is 3. The van der Waals surface area contributed by atoms with Crippen molar-refractivity contribution in [2.24, 2.45) is 4.99 Å². The summed E-state index contributed by atoms with van der Waals surface area (Å²) in [5.74, 6) is 1.50. The zero-order valence-corrected chi connectivity index (χ0v) is 18.5. The van der Waals surface area contributed by atoms with Crippen LogP contribution >= 0.6 is 24.0 Å². The van der Waals surface area contributed by atoms with Crippen LogP contribution in [0, 0.1) is 0 Å². The van der Waals surface area contributed by atoms with Gasteiger partial charge in [0, 0.05) is 42.3 Å². The predicted octanol–water partition coefficient (Wildman–Crippen LogP) is 4.35. The maximum Gasteiger partial charge on any atom is 0.191 e. The Morgan fingerprint density at radius 3 is 2.69 bits per heavy atom.